The molecule has 2 aromatic heterocycles. The summed E-state index contributed by atoms with van der Waals surface area (Å²) in [6, 6.07) is 0. The average Bonchev–Trinajstić information content (AvgIpc) is 2.99. The first-order chi connectivity index (χ1) is 10.1. The van der Waals surface area contributed by atoms with Crippen molar-refractivity contribution >= 4 is 29.3 Å². The molecule has 0 aromatic carbocycles. The van der Waals surface area contributed by atoms with Crippen molar-refractivity contribution in [2.45, 2.75) is 24.5 Å². The Morgan fingerprint density at radius 2 is 2.38 bits per heavy atom. The molecule has 1 saturated heterocycles. The summed E-state index contributed by atoms with van der Waals surface area (Å²) in [6.07, 6.45) is -1.54. The summed E-state index contributed by atoms with van der Waals surface area (Å²) >= 11 is 5.10. The van der Waals surface area contributed by atoms with Crippen LogP contribution in [0.2, 0.25) is 0 Å². The first-order valence-electron chi connectivity index (χ1n) is 6.26. The Morgan fingerprint density at radius 3 is 3.00 bits per heavy atom. The number of aromatic nitrogens is 4. The van der Waals surface area contributed by atoms with Crippen molar-refractivity contribution in [2.24, 2.45) is 0 Å². The number of nitrogen functional groups attached to an aromatic ring is 1. The second-order valence-corrected chi connectivity index (χ2v) is 5.10. The fourth-order valence-corrected chi connectivity index (χ4v) is 2.78. The molecule has 1 aliphatic heterocycles. The molecular weight excluding hydrogens is 298 g/mol. The minimum atomic E-state index is -0.971. The molecule has 9 nitrogen and oxygen atoms in total. The van der Waals surface area contributed by atoms with Crippen molar-refractivity contribution in [2.75, 3.05) is 19.5 Å². The summed E-state index contributed by atoms with van der Waals surface area (Å²) < 4.78 is 12.6. The quantitative estimate of drug-likeness (QED) is 0.549. The number of hydrogen-bond donors (Lipinski definition) is 4. The largest absolute Gasteiger partial charge is 0.394 e. The number of nitrogens with two attached hydrogens (primary N) is 1. The van der Waals surface area contributed by atoms with E-state index in [-0.39, 0.29) is 17.2 Å². The van der Waals surface area contributed by atoms with Crippen LogP contribution in [0, 0.1) is 4.64 Å². The van der Waals surface area contributed by atoms with Gasteiger partial charge < -0.3 is 30.4 Å². The van der Waals surface area contributed by atoms with Crippen molar-refractivity contribution in [1.29, 1.82) is 0 Å². The van der Waals surface area contributed by atoms with Gasteiger partial charge in [-0.05, 0) is 0 Å². The maximum absolute atomic E-state index is 10.3. The number of aliphatic hydroxyl groups excluding tert-OH is 2. The van der Waals surface area contributed by atoms with Gasteiger partial charge in [-0.15, -0.1) is 0 Å². The van der Waals surface area contributed by atoms with Gasteiger partial charge in [-0.3, -0.25) is 4.57 Å². The smallest absolute Gasteiger partial charge is 0.200 e. The van der Waals surface area contributed by atoms with E-state index in [4.69, 9.17) is 27.4 Å². The van der Waals surface area contributed by atoms with Crippen LogP contribution >= 0.6 is 12.2 Å². The molecule has 3 heterocycles. The highest BCUT2D eigenvalue weighted by atomic mass is 32.1. The highest BCUT2D eigenvalue weighted by molar-refractivity contribution is 7.71. The fraction of sp³-hybridized carbons (Fsp3) is 0.545. The van der Waals surface area contributed by atoms with Crippen LogP contribution < -0.4 is 5.73 Å². The number of imidazole rings is 1. The topological polar surface area (TPSA) is 131 Å². The zero-order valence-electron chi connectivity index (χ0n) is 11.1. The predicted octanol–water partition coefficient (Wildman–Crippen LogP) is -0.663. The predicted molar refractivity (Wildman–Crippen MR) is 74.9 cm³/mol. The molecule has 0 amide bonds. The summed E-state index contributed by atoms with van der Waals surface area (Å²) in [5.74, 6) is 0.142. The Morgan fingerprint density at radius 1 is 1.62 bits per heavy atom. The van der Waals surface area contributed by atoms with E-state index >= 15 is 0 Å². The number of rotatable bonds is 3. The van der Waals surface area contributed by atoms with Gasteiger partial charge in [-0.1, -0.05) is 12.2 Å². The Hall–Kier alpha value is -1.59. The van der Waals surface area contributed by atoms with Crippen molar-refractivity contribution in [3.05, 3.63) is 11.0 Å². The van der Waals surface area contributed by atoms with E-state index < -0.39 is 24.5 Å². The molecule has 3 rings (SSSR count). The maximum Gasteiger partial charge on any atom is 0.200 e. The number of aromatic amines is 1. The van der Waals surface area contributed by atoms with E-state index in [2.05, 4.69) is 15.0 Å². The fourth-order valence-electron chi connectivity index (χ4n) is 2.53. The van der Waals surface area contributed by atoms with Crippen LogP contribution in [-0.2, 0) is 9.47 Å². The first-order valence-corrected chi connectivity index (χ1v) is 6.67. The van der Waals surface area contributed by atoms with E-state index in [0.29, 0.717) is 11.2 Å². The molecule has 0 unspecified atom stereocenters. The normalized spacial score (nSPS) is 29.3. The number of anilines is 1. The molecule has 21 heavy (non-hydrogen) atoms. The minimum absolute atomic E-state index is 0.142. The molecule has 1 aliphatic rings. The van der Waals surface area contributed by atoms with Crippen LogP contribution in [-0.4, -0.2) is 61.8 Å². The van der Waals surface area contributed by atoms with E-state index in [0.717, 1.165) is 0 Å². The second kappa shape index (κ2) is 5.31. The molecule has 0 radical (unpaired) electrons. The van der Waals surface area contributed by atoms with Crippen LogP contribution in [0.4, 0.5) is 5.95 Å². The van der Waals surface area contributed by atoms with E-state index in [1.54, 1.807) is 4.57 Å². The summed E-state index contributed by atoms with van der Waals surface area (Å²) in [7, 11) is 1.45. The van der Waals surface area contributed by atoms with Gasteiger partial charge in [-0.2, -0.15) is 0 Å². The van der Waals surface area contributed by atoms with E-state index in [1.165, 1.54) is 13.4 Å². The van der Waals surface area contributed by atoms with Gasteiger partial charge in [0, 0.05) is 7.11 Å². The SMILES string of the molecule is CO[C@H]1[C@@H](O)[C@H](n2cnc3c(=S)nc(N)[nH]c32)O[C@@H]1CO. The highest BCUT2D eigenvalue weighted by Gasteiger charge is 2.45. The zero-order valence-corrected chi connectivity index (χ0v) is 11.9. The number of ether oxygens (including phenoxy) is 2. The maximum atomic E-state index is 10.3. The van der Waals surface area contributed by atoms with Gasteiger partial charge in [0.05, 0.1) is 12.9 Å². The Balaban J connectivity index is 2.07. The monoisotopic (exact) mass is 313 g/mol. The van der Waals surface area contributed by atoms with Gasteiger partial charge in [0.2, 0.25) is 0 Å². The second-order valence-electron chi connectivity index (χ2n) is 4.71. The van der Waals surface area contributed by atoms with Crippen molar-refractivity contribution in [3.8, 4) is 0 Å². The third-order valence-electron chi connectivity index (χ3n) is 3.50. The van der Waals surface area contributed by atoms with Gasteiger partial charge in [0.25, 0.3) is 0 Å². The zero-order chi connectivity index (χ0) is 15.1. The van der Waals surface area contributed by atoms with Crippen LogP contribution in [0.3, 0.4) is 0 Å². The van der Waals surface area contributed by atoms with Gasteiger partial charge in [-0.25, -0.2) is 9.97 Å². The molecule has 1 fully saturated rings. The summed E-state index contributed by atoms with van der Waals surface area (Å²) in [6.45, 7) is -0.265. The molecule has 0 spiro atoms. The lowest BCUT2D eigenvalue weighted by Gasteiger charge is -2.18. The number of nitrogens with one attached hydrogen (secondary N) is 1. The lowest BCUT2D eigenvalue weighted by molar-refractivity contribution is -0.0535. The van der Waals surface area contributed by atoms with Crippen LogP contribution in [0.25, 0.3) is 11.2 Å². The van der Waals surface area contributed by atoms with E-state index in [9.17, 15) is 10.2 Å². The summed E-state index contributed by atoms with van der Waals surface area (Å²) in [5.41, 5.74) is 6.60. The number of H-pyrrole nitrogens is 1. The van der Waals surface area contributed by atoms with Crippen LogP contribution in [0.15, 0.2) is 6.33 Å². The standard InChI is InChI=1S/C11H15N5O4S/c1-19-7-4(2-17)20-10(6(7)18)16-3-13-5-8(16)14-11(12)15-9(5)21/h3-4,6-7,10,17-18H,2H2,1H3,(H3,12,14,15,21)/t4-,6-,7-,10-/m1/s1. The molecule has 0 saturated carbocycles. The molecule has 0 bridgehead atoms. The highest BCUT2D eigenvalue weighted by Crippen LogP contribution is 2.32. The molecule has 4 atom stereocenters. The number of fused-ring (bicyclic) bond motifs is 1. The number of nitrogens with zero attached hydrogens (tertiary/aromatic N) is 3. The van der Waals surface area contributed by atoms with E-state index in [1.807, 2.05) is 0 Å². The number of methoxy groups -OCH3 is 1. The number of aliphatic hydroxyl groups is 2. The minimum Gasteiger partial charge on any atom is -0.394 e. The Labute approximate surface area is 124 Å². The number of hydrogen-bond acceptors (Lipinski definition) is 8. The molecule has 5 N–H and O–H groups in total. The van der Waals surface area contributed by atoms with Gasteiger partial charge in [0.1, 0.15) is 29.5 Å². The molecule has 2 aromatic rings. The van der Waals surface area contributed by atoms with Crippen molar-refractivity contribution in [3.63, 3.8) is 0 Å². The molecule has 0 aliphatic carbocycles. The van der Waals surface area contributed by atoms with Crippen molar-refractivity contribution < 1.29 is 19.7 Å². The third-order valence-corrected chi connectivity index (χ3v) is 3.79. The van der Waals surface area contributed by atoms with Gasteiger partial charge in [0.15, 0.2) is 16.8 Å². The summed E-state index contributed by atoms with van der Waals surface area (Å²) in [5, 5.41) is 19.6. The summed E-state index contributed by atoms with van der Waals surface area (Å²) in [4.78, 5) is 10.9. The molecule has 10 heteroatoms. The Kier molecular flexibility index (Phi) is 3.63. The Bertz CT molecular complexity index is 716. The lowest BCUT2D eigenvalue weighted by atomic mass is 10.1. The average molecular weight is 313 g/mol. The first kappa shape index (κ1) is 14.4. The van der Waals surface area contributed by atoms with Gasteiger partial charge >= 0.3 is 0 Å². The van der Waals surface area contributed by atoms with Crippen LogP contribution in [0.1, 0.15) is 6.23 Å². The lowest BCUT2D eigenvalue weighted by Crippen LogP contribution is -2.35. The molecular formula is C11H15N5O4S. The third kappa shape index (κ3) is 2.21. The van der Waals surface area contributed by atoms with Crippen molar-refractivity contribution in [1.82, 2.24) is 19.5 Å². The molecule has 114 valence electrons. The van der Waals surface area contributed by atoms with Crippen LogP contribution in [0.5, 0.6) is 0 Å².